The number of rotatable bonds is 0. The second-order valence-electron chi connectivity index (χ2n) is 4.82. The van der Waals surface area contributed by atoms with Crippen LogP contribution in [0.5, 0.6) is 0 Å². The van der Waals surface area contributed by atoms with Gasteiger partial charge in [-0.25, -0.2) is 0 Å². The summed E-state index contributed by atoms with van der Waals surface area (Å²) < 4.78 is 0. The molecule has 1 fully saturated rings. The third-order valence-electron chi connectivity index (χ3n) is 3.97. The lowest BCUT2D eigenvalue weighted by Gasteiger charge is -2.38. The average molecular weight is 150 g/mol. The molecule has 0 nitrogen and oxygen atoms in total. The lowest BCUT2D eigenvalue weighted by atomic mass is 9.66. The first kappa shape index (κ1) is 7.39. The van der Waals surface area contributed by atoms with Crippen LogP contribution < -0.4 is 0 Å². The Morgan fingerprint density at radius 2 is 1.73 bits per heavy atom. The molecule has 0 aliphatic heterocycles. The van der Waals surface area contributed by atoms with Crippen LogP contribution in [0, 0.1) is 10.8 Å². The average Bonchev–Trinajstić information content (AvgIpc) is 2.45. The molecule has 0 aromatic heterocycles. The van der Waals surface area contributed by atoms with Crippen LogP contribution in [0.1, 0.15) is 46.0 Å². The second kappa shape index (κ2) is 2.12. The van der Waals surface area contributed by atoms with Gasteiger partial charge in [-0.3, -0.25) is 0 Å². The van der Waals surface area contributed by atoms with E-state index in [-0.39, 0.29) is 0 Å². The molecule has 0 saturated heterocycles. The highest BCUT2D eigenvalue weighted by Crippen LogP contribution is 2.57. The monoisotopic (exact) mass is 150 g/mol. The van der Waals surface area contributed by atoms with Crippen LogP contribution in [-0.2, 0) is 0 Å². The van der Waals surface area contributed by atoms with Gasteiger partial charge in [0.15, 0.2) is 0 Å². The van der Waals surface area contributed by atoms with Gasteiger partial charge in [0, 0.05) is 0 Å². The van der Waals surface area contributed by atoms with Crippen LogP contribution in [0.25, 0.3) is 0 Å². The van der Waals surface area contributed by atoms with Crippen molar-refractivity contribution < 1.29 is 0 Å². The number of hydrogen-bond acceptors (Lipinski definition) is 0. The van der Waals surface area contributed by atoms with Gasteiger partial charge >= 0.3 is 0 Å². The topological polar surface area (TPSA) is 0 Å². The number of hydrogen-bond donors (Lipinski definition) is 0. The maximum Gasteiger partial charge on any atom is -0.0115 e. The molecule has 1 saturated carbocycles. The van der Waals surface area contributed by atoms with E-state index in [4.69, 9.17) is 0 Å². The lowest BCUT2D eigenvalue weighted by Crippen LogP contribution is -2.29. The first-order chi connectivity index (χ1) is 5.16. The SMILES string of the molecule is CC1(C)C=CCC12CCCC2. The van der Waals surface area contributed by atoms with Gasteiger partial charge in [0.25, 0.3) is 0 Å². The van der Waals surface area contributed by atoms with E-state index in [9.17, 15) is 0 Å². The third kappa shape index (κ3) is 0.881. The Labute approximate surface area is 69.7 Å². The predicted octanol–water partition coefficient (Wildman–Crippen LogP) is 3.53. The van der Waals surface area contributed by atoms with Crippen molar-refractivity contribution in [1.29, 1.82) is 0 Å². The quantitative estimate of drug-likeness (QED) is 0.463. The largest absolute Gasteiger partial charge is 0.0874 e. The van der Waals surface area contributed by atoms with Gasteiger partial charge in [-0.2, -0.15) is 0 Å². The van der Waals surface area contributed by atoms with Gasteiger partial charge in [0.05, 0.1) is 0 Å². The summed E-state index contributed by atoms with van der Waals surface area (Å²) in [5.74, 6) is 0. The van der Waals surface area contributed by atoms with Gasteiger partial charge in [-0.1, -0.05) is 38.8 Å². The molecule has 0 N–H and O–H groups in total. The minimum atomic E-state index is 0.490. The minimum absolute atomic E-state index is 0.490. The Kier molecular flexibility index (Phi) is 1.42. The van der Waals surface area contributed by atoms with Crippen molar-refractivity contribution in [3.05, 3.63) is 12.2 Å². The molecule has 1 spiro atoms. The van der Waals surface area contributed by atoms with E-state index in [0.29, 0.717) is 10.8 Å². The van der Waals surface area contributed by atoms with Gasteiger partial charge in [-0.05, 0) is 30.1 Å². The molecule has 0 bridgehead atoms. The fourth-order valence-corrected chi connectivity index (χ4v) is 2.92. The Morgan fingerprint density at radius 1 is 1.09 bits per heavy atom. The van der Waals surface area contributed by atoms with Crippen LogP contribution >= 0.6 is 0 Å². The van der Waals surface area contributed by atoms with Crippen molar-refractivity contribution >= 4 is 0 Å². The zero-order chi connectivity index (χ0) is 7.95. The maximum absolute atomic E-state index is 2.43. The second-order valence-corrected chi connectivity index (χ2v) is 4.82. The summed E-state index contributed by atoms with van der Waals surface area (Å²) in [6, 6.07) is 0. The lowest BCUT2D eigenvalue weighted by molar-refractivity contribution is 0.145. The van der Waals surface area contributed by atoms with E-state index in [0.717, 1.165) is 0 Å². The molecule has 2 rings (SSSR count). The van der Waals surface area contributed by atoms with Gasteiger partial charge < -0.3 is 0 Å². The predicted molar refractivity (Wildman–Crippen MR) is 48.4 cm³/mol. The molecular weight excluding hydrogens is 132 g/mol. The Hall–Kier alpha value is -0.260. The van der Waals surface area contributed by atoms with Crippen molar-refractivity contribution in [2.45, 2.75) is 46.0 Å². The fourth-order valence-electron chi connectivity index (χ4n) is 2.92. The molecule has 62 valence electrons. The van der Waals surface area contributed by atoms with Crippen molar-refractivity contribution in [3.8, 4) is 0 Å². The molecule has 2 aliphatic carbocycles. The summed E-state index contributed by atoms with van der Waals surface area (Å²) >= 11 is 0. The van der Waals surface area contributed by atoms with Gasteiger partial charge in [-0.15, -0.1) is 0 Å². The summed E-state index contributed by atoms with van der Waals surface area (Å²) in [5.41, 5.74) is 1.16. The molecule has 0 unspecified atom stereocenters. The highest BCUT2D eigenvalue weighted by molar-refractivity contribution is 5.15. The molecule has 0 radical (unpaired) electrons. The fraction of sp³-hybridized carbons (Fsp3) is 0.818. The van der Waals surface area contributed by atoms with E-state index in [1.165, 1.54) is 32.1 Å². The van der Waals surface area contributed by atoms with E-state index >= 15 is 0 Å². The molecule has 0 atom stereocenters. The van der Waals surface area contributed by atoms with E-state index in [1.807, 2.05) is 0 Å². The van der Waals surface area contributed by atoms with E-state index < -0.39 is 0 Å². The first-order valence-electron chi connectivity index (χ1n) is 4.84. The summed E-state index contributed by atoms with van der Waals surface area (Å²) in [6.07, 6.45) is 12.0. The first-order valence-corrected chi connectivity index (χ1v) is 4.84. The molecule has 2 aliphatic rings. The maximum atomic E-state index is 2.43. The summed E-state index contributed by atoms with van der Waals surface area (Å²) in [4.78, 5) is 0. The van der Waals surface area contributed by atoms with Crippen LogP contribution in [0.2, 0.25) is 0 Å². The highest BCUT2D eigenvalue weighted by Gasteiger charge is 2.46. The van der Waals surface area contributed by atoms with Crippen LogP contribution in [0.3, 0.4) is 0 Å². The van der Waals surface area contributed by atoms with E-state index in [2.05, 4.69) is 26.0 Å². The third-order valence-corrected chi connectivity index (χ3v) is 3.97. The standard InChI is InChI=1S/C11H18/c1-10(2)6-5-9-11(10)7-3-4-8-11/h5-6H,3-4,7-9H2,1-2H3. The highest BCUT2D eigenvalue weighted by atomic mass is 14.5. The van der Waals surface area contributed by atoms with Crippen molar-refractivity contribution in [1.82, 2.24) is 0 Å². The van der Waals surface area contributed by atoms with Gasteiger partial charge in [0.1, 0.15) is 0 Å². The summed E-state index contributed by atoms with van der Waals surface area (Å²) in [7, 11) is 0. The smallest absolute Gasteiger partial charge is 0.0115 e. The molecule has 0 aromatic rings. The van der Waals surface area contributed by atoms with Gasteiger partial charge in [0.2, 0.25) is 0 Å². The van der Waals surface area contributed by atoms with E-state index in [1.54, 1.807) is 0 Å². The normalized spacial score (nSPS) is 31.8. The van der Waals surface area contributed by atoms with Crippen molar-refractivity contribution in [2.75, 3.05) is 0 Å². The molecule has 0 heteroatoms. The van der Waals surface area contributed by atoms with Crippen molar-refractivity contribution in [3.63, 3.8) is 0 Å². The summed E-state index contributed by atoms with van der Waals surface area (Å²) in [5, 5.41) is 0. The Morgan fingerprint density at radius 3 is 2.18 bits per heavy atom. The molecular formula is C11H18. The summed E-state index contributed by atoms with van der Waals surface area (Å²) in [6.45, 7) is 4.81. The van der Waals surface area contributed by atoms with Crippen LogP contribution in [0.15, 0.2) is 12.2 Å². The van der Waals surface area contributed by atoms with Crippen LogP contribution in [0.4, 0.5) is 0 Å². The van der Waals surface area contributed by atoms with Crippen molar-refractivity contribution in [2.24, 2.45) is 10.8 Å². The minimum Gasteiger partial charge on any atom is -0.0874 e. The molecule has 0 heterocycles. The zero-order valence-corrected chi connectivity index (χ0v) is 7.69. The number of allylic oxidation sites excluding steroid dienone is 2. The molecule has 0 aromatic carbocycles. The van der Waals surface area contributed by atoms with Crippen LogP contribution in [-0.4, -0.2) is 0 Å². The Bertz CT molecular complexity index is 180. The zero-order valence-electron chi connectivity index (χ0n) is 7.69. The Balaban J connectivity index is 2.26. The molecule has 11 heavy (non-hydrogen) atoms. The molecule has 0 amide bonds.